The molecule has 0 fully saturated rings. The number of hydrazine groups is 1. The number of methoxy groups -OCH3 is 1. The summed E-state index contributed by atoms with van der Waals surface area (Å²) in [6.07, 6.45) is -0.182. The van der Waals surface area contributed by atoms with E-state index in [0.29, 0.717) is 0 Å². The number of hydrogen-bond donors (Lipinski definition) is 3. The van der Waals surface area contributed by atoms with E-state index in [1.165, 1.54) is 25.3 Å². The topological polar surface area (TPSA) is 130 Å². The Morgan fingerprint density at radius 1 is 1.26 bits per heavy atom. The lowest BCUT2D eigenvalue weighted by molar-refractivity contribution is -0.139. The fourth-order valence-corrected chi connectivity index (χ4v) is 2.57. The number of esters is 1. The van der Waals surface area contributed by atoms with Crippen molar-refractivity contribution in [3.05, 3.63) is 57.8 Å². The SMILES string of the molecule is COC(=O)Cc1cc(=O)[nH]c(SCC(=O)NNC(=O)c2ccccc2F)n1. The number of nitrogens with one attached hydrogen (secondary N) is 3. The van der Waals surface area contributed by atoms with Crippen LogP contribution < -0.4 is 16.4 Å². The summed E-state index contributed by atoms with van der Waals surface area (Å²) in [6.45, 7) is 0. The zero-order chi connectivity index (χ0) is 19.8. The highest BCUT2D eigenvalue weighted by Crippen LogP contribution is 2.11. The summed E-state index contributed by atoms with van der Waals surface area (Å²) in [4.78, 5) is 52.9. The number of halogens is 1. The highest BCUT2D eigenvalue weighted by atomic mass is 32.2. The molecule has 1 aromatic carbocycles. The molecule has 2 amide bonds. The van der Waals surface area contributed by atoms with Gasteiger partial charge in [0, 0.05) is 6.07 Å². The first-order valence-corrected chi connectivity index (χ1v) is 8.51. The van der Waals surface area contributed by atoms with Gasteiger partial charge in [-0.25, -0.2) is 9.37 Å². The van der Waals surface area contributed by atoms with Gasteiger partial charge in [0.05, 0.1) is 30.5 Å². The van der Waals surface area contributed by atoms with Crippen LogP contribution in [0.15, 0.2) is 40.3 Å². The maximum Gasteiger partial charge on any atom is 0.311 e. The van der Waals surface area contributed by atoms with Crippen molar-refractivity contribution in [1.82, 2.24) is 20.8 Å². The lowest BCUT2D eigenvalue weighted by Crippen LogP contribution is -2.42. The number of rotatable bonds is 6. The van der Waals surface area contributed by atoms with Crippen molar-refractivity contribution in [2.75, 3.05) is 12.9 Å². The molecule has 0 aliphatic rings. The van der Waals surface area contributed by atoms with Crippen molar-refractivity contribution < 1.29 is 23.5 Å². The standard InChI is InChI=1S/C16H15FN4O5S/c1-26-14(24)7-9-6-12(22)19-16(18-9)27-8-13(23)20-21-15(25)10-4-2-3-5-11(10)17/h2-6H,7-8H2,1H3,(H,20,23)(H,21,25)(H,18,19,22). The largest absolute Gasteiger partial charge is 0.469 e. The van der Waals surface area contributed by atoms with Crippen molar-refractivity contribution in [1.29, 1.82) is 0 Å². The maximum absolute atomic E-state index is 13.5. The lowest BCUT2D eigenvalue weighted by Gasteiger charge is -2.08. The average molecular weight is 394 g/mol. The normalized spacial score (nSPS) is 10.1. The predicted molar refractivity (Wildman–Crippen MR) is 93.3 cm³/mol. The summed E-state index contributed by atoms with van der Waals surface area (Å²) >= 11 is 0.886. The van der Waals surface area contributed by atoms with Crippen LogP contribution in [-0.2, 0) is 20.7 Å². The maximum atomic E-state index is 13.5. The second-order valence-electron chi connectivity index (χ2n) is 5.07. The van der Waals surface area contributed by atoms with Gasteiger partial charge in [-0.2, -0.15) is 0 Å². The highest BCUT2D eigenvalue weighted by molar-refractivity contribution is 7.99. The molecule has 1 aromatic heterocycles. The van der Waals surface area contributed by atoms with Gasteiger partial charge in [-0.1, -0.05) is 23.9 Å². The molecular weight excluding hydrogens is 379 g/mol. The summed E-state index contributed by atoms with van der Waals surface area (Å²) in [5.41, 5.74) is 3.71. The molecule has 0 spiro atoms. The van der Waals surface area contributed by atoms with Crippen molar-refractivity contribution in [2.45, 2.75) is 11.6 Å². The van der Waals surface area contributed by atoms with E-state index in [-0.39, 0.29) is 28.6 Å². The first-order valence-electron chi connectivity index (χ1n) is 7.52. The molecule has 1 heterocycles. The summed E-state index contributed by atoms with van der Waals surface area (Å²) in [6, 6.07) is 6.46. The molecule has 27 heavy (non-hydrogen) atoms. The Labute approximate surface area is 156 Å². The van der Waals surface area contributed by atoms with Crippen molar-refractivity contribution >= 4 is 29.5 Å². The number of ether oxygens (including phenoxy) is 1. The Kier molecular flexibility index (Phi) is 7.06. The van der Waals surface area contributed by atoms with Gasteiger partial charge in [0.15, 0.2) is 5.16 Å². The number of H-pyrrole nitrogens is 1. The zero-order valence-electron chi connectivity index (χ0n) is 14.1. The molecule has 0 saturated heterocycles. The Morgan fingerprint density at radius 3 is 2.70 bits per heavy atom. The highest BCUT2D eigenvalue weighted by Gasteiger charge is 2.13. The molecule has 0 saturated carbocycles. The van der Waals surface area contributed by atoms with E-state index in [1.807, 2.05) is 0 Å². The fourth-order valence-electron chi connectivity index (χ4n) is 1.87. The summed E-state index contributed by atoms with van der Waals surface area (Å²) in [7, 11) is 1.21. The number of aromatic amines is 1. The van der Waals surface area contributed by atoms with Gasteiger partial charge < -0.3 is 9.72 Å². The quantitative estimate of drug-likeness (QED) is 0.276. The minimum absolute atomic E-state index is 0.122. The van der Waals surface area contributed by atoms with Crippen molar-refractivity contribution in [3.8, 4) is 0 Å². The van der Waals surface area contributed by atoms with Gasteiger partial charge in [-0.15, -0.1) is 0 Å². The lowest BCUT2D eigenvalue weighted by atomic mass is 10.2. The van der Waals surface area contributed by atoms with E-state index < -0.39 is 29.2 Å². The molecule has 0 aliphatic heterocycles. The van der Waals surface area contributed by atoms with Gasteiger partial charge in [0.2, 0.25) is 5.91 Å². The molecule has 2 rings (SSSR count). The Bertz CT molecular complexity index is 918. The van der Waals surface area contributed by atoms with Gasteiger partial charge in [-0.05, 0) is 12.1 Å². The van der Waals surface area contributed by atoms with Crippen LogP contribution >= 0.6 is 11.8 Å². The van der Waals surface area contributed by atoms with E-state index in [4.69, 9.17) is 0 Å². The number of hydrogen-bond acceptors (Lipinski definition) is 7. The second-order valence-corrected chi connectivity index (χ2v) is 6.03. The molecule has 142 valence electrons. The van der Waals surface area contributed by atoms with E-state index in [1.54, 1.807) is 0 Å². The Morgan fingerprint density at radius 2 is 2.00 bits per heavy atom. The van der Waals surface area contributed by atoms with E-state index in [2.05, 4.69) is 25.6 Å². The van der Waals surface area contributed by atoms with Gasteiger partial charge in [0.1, 0.15) is 5.82 Å². The van der Waals surface area contributed by atoms with Crippen LogP contribution in [-0.4, -0.2) is 40.6 Å². The Hall–Kier alpha value is -3.21. The summed E-state index contributed by atoms with van der Waals surface area (Å²) in [5, 5.41) is 0.122. The number of amides is 2. The summed E-state index contributed by atoms with van der Waals surface area (Å²) < 4.78 is 18.0. The smallest absolute Gasteiger partial charge is 0.311 e. The first kappa shape index (κ1) is 20.1. The molecule has 11 heteroatoms. The zero-order valence-corrected chi connectivity index (χ0v) is 14.9. The van der Waals surface area contributed by atoms with Crippen LogP contribution in [0.4, 0.5) is 4.39 Å². The molecule has 3 N–H and O–H groups in total. The summed E-state index contributed by atoms with van der Waals surface area (Å²) in [5.74, 6) is -2.88. The van der Waals surface area contributed by atoms with E-state index >= 15 is 0 Å². The van der Waals surface area contributed by atoms with Gasteiger partial charge >= 0.3 is 5.97 Å². The predicted octanol–water partition coefficient (Wildman–Crippen LogP) is 0.178. The van der Waals surface area contributed by atoms with Crippen LogP contribution in [0.3, 0.4) is 0 Å². The van der Waals surface area contributed by atoms with Gasteiger partial charge in [-0.3, -0.25) is 30.0 Å². The number of aromatic nitrogens is 2. The number of thioether (sulfide) groups is 1. The minimum Gasteiger partial charge on any atom is -0.469 e. The van der Waals surface area contributed by atoms with E-state index in [0.717, 1.165) is 23.9 Å². The minimum atomic E-state index is -0.807. The molecule has 0 atom stereocenters. The number of carbonyl (C=O) groups is 3. The van der Waals surface area contributed by atoms with Crippen LogP contribution in [0.2, 0.25) is 0 Å². The van der Waals surface area contributed by atoms with Crippen LogP contribution in [0.25, 0.3) is 0 Å². The van der Waals surface area contributed by atoms with Gasteiger partial charge in [0.25, 0.3) is 11.5 Å². The first-order chi connectivity index (χ1) is 12.9. The van der Waals surface area contributed by atoms with Crippen LogP contribution in [0.1, 0.15) is 16.1 Å². The molecular formula is C16H15FN4O5S. The molecule has 0 radical (unpaired) electrons. The number of nitrogens with zero attached hydrogens (tertiary/aromatic N) is 1. The fraction of sp³-hybridized carbons (Fsp3) is 0.188. The van der Waals surface area contributed by atoms with Crippen molar-refractivity contribution in [3.63, 3.8) is 0 Å². The molecule has 0 bridgehead atoms. The number of carbonyl (C=O) groups excluding carboxylic acids is 3. The molecule has 0 unspecified atom stereocenters. The third-order valence-electron chi connectivity index (χ3n) is 3.10. The molecule has 2 aromatic rings. The Balaban J connectivity index is 1.88. The monoisotopic (exact) mass is 394 g/mol. The van der Waals surface area contributed by atoms with E-state index in [9.17, 15) is 23.6 Å². The molecule has 9 nitrogen and oxygen atoms in total. The van der Waals surface area contributed by atoms with Crippen LogP contribution in [0, 0.1) is 5.82 Å². The molecule has 0 aliphatic carbocycles. The van der Waals surface area contributed by atoms with Crippen molar-refractivity contribution in [2.24, 2.45) is 0 Å². The third kappa shape index (κ3) is 6.22. The third-order valence-corrected chi connectivity index (χ3v) is 3.97. The second kappa shape index (κ2) is 9.48. The average Bonchev–Trinajstić information content (AvgIpc) is 2.64. The van der Waals surface area contributed by atoms with Crippen LogP contribution in [0.5, 0.6) is 0 Å². The number of benzene rings is 1.